The largest absolute Gasteiger partial charge is 0.343 e. The summed E-state index contributed by atoms with van der Waals surface area (Å²) in [6.45, 7) is 0. The van der Waals surface area contributed by atoms with E-state index in [0.717, 1.165) is 0 Å². The first-order valence-corrected chi connectivity index (χ1v) is 14.4. The third-order valence-corrected chi connectivity index (χ3v) is 8.21. The Bertz CT molecular complexity index is 1920. The Kier molecular flexibility index (Phi) is 6.65. The van der Waals surface area contributed by atoms with E-state index >= 15 is 0 Å². The van der Waals surface area contributed by atoms with E-state index < -0.39 is 0 Å². The minimum Gasteiger partial charge on any atom is -0.343 e. The van der Waals surface area contributed by atoms with E-state index in [0.29, 0.717) is 0 Å². The Labute approximate surface area is 247 Å². The van der Waals surface area contributed by atoms with Crippen LogP contribution in [0.15, 0.2) is 133 Å². The second-order valence-electron chi connectivity index (χ2n) is 10.7. The number of nitrogens with zero attached hydrogens (tertiary/aromatic N) is 2. The van der Waals surface area contributed by atoms with Crippen LogP contribution in [0.1, 0.15) is 22.3 Å². The van der Waals surface area contributed by atoms with Gasteiger partial charge in [-0.15, -0.1) is 0 Å². The molecule has 7 aromatic rings. The number of para-hydroxylation sites is 2. The smallest absolute Gasteiger partial charge is 0.0562 e. The highest BCUT2D eigenvalue weighted by atomic mass is 15.0. The van der Waals surface area contributed by atoms with Gasteiger partial charge in [0.1, 0.15) is 0 Å². The minimum atomic E-state index is 1.18. The average Bonchev–Trinajstić information content (AvgIpc) is 3.50. The predicted molar refractivity (Wildman–Crippen MR) is 181 cm³/mol. The second-order valence-corrected chi connectivity index (χ2v) is 10.7. The van der Waals surface area contributed by atoms with Gasteiger partial charge in [0, 0.05) is 47.0 Å². The van der Waals surface area contributed by atoms with E-state index in [1.165, 1.54) is 66.6 Å². The Hall–Kier alpha value is -5.34. The molecule has 0 aliphatic carbocycles. The van der Waals surface area contributed by atoms with E-state index in [1.807, 2.05) is 0 Å². The summed E-state index contributed by atoms with van der Waals surface area (Å²) in [4.78, 5) is 0. The Morgan fingerprint density at radius 3 is 1.14 bits per heavy atom. The molecule has 2 nitrogen and oxygen atoms in total. The SMILES string of the molecule is Cn1c(-c2ccccc2)c(/C=C/c2ccc(/C=C/c3c(-c4ccccc4)n(C)c4ccccc34)cc2)c2ccccc21. The van der Waals surface area contributed by atoms with E-state index in [9.17, 15) is 0 Å². The second kappa shape index (κ2) is 10.9. The maximum atomic E-state index is 2.30. The molecule has 202 valence electrons. The number of benzene rings is 5. The van der Waals surface area contributed by atoms with Crippen LogP contribution in [0, 0.1) is 0 Å². The average molecular weight is 541 g/mol. The number of hydrogen-bond acceptors (Lipinski definition) is 0. The fourth-order valence-corrected chi connectivity index (χ4v) is 6.15. The van der Waals surface area contributed by atoms with Crippen LogP contribution in [-0.4, -0.2) is 9.13 Å². The van der Waals surface area contributed by atoms with Gasteiger partial charge in [-0.3, -0.25) is 0 Å². The molecule has 0 atom stereocenters. The Morgan fingerprint density at radius 1 is 0.381 bits per heavy atom. The van der Waals surface area contributed by atoms with E-state index in [2.05, 4.69) is 181 Å². The van der Waals surface area contributed by atoms with E-state index in [-0.39, 0.29) is 0 Å². The fourth-order valence-electron chi connectivity index (χ4n) is 6.15. The van der Waals surface area contributed by atoms with Gasteiger partial charge in [0.25, 0.3) is 0 Å². The number of fused-ring (bicyclic) bond motifs is 2. The lowest BCUT2D eigenvalue weighted by atomic mass is 10.0. The fraction of sp³-hybridized carbons (Fsp3) is 0.0500. The zero-order valence-corrected chi connectivity index (χ0v) is 23.9. The summed E-state index contributed by atoms with van der Waals surface area (Å²) in [5, 5.41) is 2.53. The molecule has 0 aliphatic rings. The summed E-state index contributed by atoms with van der Waals surface area (Å²) in [5.74, 6) is 0. The van der Waals surface area contributed by atoms with Gasteiger partial charge in [0.05, 0.1) is 11.4 Å². The third-order valence-electron chi connectivity index (χ3n) is 8.21. The first-order valence-electron chi connectivity index (χ1n) is 14.4. The quantitative estimate of drug-likeness (QED) is 0.199. The molecule has 0 saturated heterocycles. The van der Waals surface area contributed by atoms with Crippen molar-refractivity contribution in [3.05, 3.63) is 156 Å². The van der Waals surface area contributed by atoms with Crippen LogP contribution >= 0.6 is 0 Å². The van der Waals surface area contributed by atoms with Crippen molar-refractivity contribution in [1.82, 2.24) is 9.13 Å². The molecule has 0 radical (unpaired) electrons. The summed E-state index contributed by atoms with van der Waals surface area (Å²) in [5.41, 5.74) is 12.2. The van der Waals surface area contributed by atoms with Crippen molar-refractivity contribution in [3.63, 3.8) is 0 Å². The van der Waals surface area contributed by atoms with Crippen molar-refractivity contribution >= 4 is 46.1 Å². The molecule has 0 saturated carbocycles. The summed E-state index contributed by atoms with van der Waals surface area (Å²) >= 11 is 0. The zero-order chi connectivity index (χ0) is 28.5. The maximum Gasteiger partial charge on any atom is 0.0562 e. The van der Waals surface area contributed by atoms with Crippen molar-refractivity contribution in [1.29, 1.82) is 0 Å². The van der Waals surface area contributed by atoms with Gasteiger partial charge in [0.2, 0.25) is 0 Å². The third kappa shape index (κ3) is 4.57. The summed E-state index contributed by atoms with van der Waals surface area (Å²) in [6.07, 6.45) is 8.97. The standard InChI is InChI=1S/C40H32N2/c1-41-37-19-11-9-17-33(37)35(39(41)31-13-5-3-6-14-31)27-25-29-21-23-30(24-22-29)26-28-36-34-18-10-12-20-38(34)42(2)40(36)32-15-7-4-8-16-32/h3-28H,1-2H3/b27-25+,28-26+. The molecule has 2 aromatic heterocycles. The van der Waals surface area contributed by atoms with Crippen LogP contribution in [0.2, 0.25) is 0 Å². The van der Waals surface area contributed by atoms with Crippen LogP contribution in [0.4, 0.5) is 0 Å². The van der Waals surface area contributed by atoms with Crippen LogP contribution < -0.4 is 0 Å². The van der Waals surface area contributed by atoms with Crippen molar-refractivity contribution in [3.8, 4) is 22.5 Å². The normalized spacial score (nSPS) is 11.9. The topological polar surface area (TPSA) is 9.86 Å². The molecule has 7 rings (SSSR count). The molecule has 2 heteroatoms. The summed E-state index contributed by atoms with van der Waals surface area (Å²) < 4.78 is 4.60. The first-order chi connectivity index (χ1) is 20.7. The molecule has 5 aromatic carbocycles. The van der Waals surface area contributed by atoms with E-state index in [4.69, 9.17) is 0 Å². The Balaban J connectivity index is 1.22. The van der Waals surface area contributed by atoms with Gasteiger partial charge in [-0.1, -0.05) is 146 Å². The van der Waals surface area contributed by atoms with E-state index in [1.54, 1.807) is 0 Å². The van der Waals surface area contributed by atoms with Gasteiger partial charge < -0.3 is 9.13 Å². The molecule has 2 heterocycles. The molecular formula is C40H32N2. The molecule has 0 fully saturated rings. The number of aryl methyl sites for hydroxylation is 2. The number of rotatable bonds is 6. The molecule has 0 spiro atoms. The molecule has 0 unspecified atom stereocenters. The molecule has 42 heavy (non-hydrogen) atoms. The lowest BCUT2D eigenvalue weighted by Gasteiger charge is -2.06. The van der Waals surface area contributed by atoms with Gasteiger partial charge in [0.15, 0.2) is 0 Å². The number of aromatic nitrogens is 2. The van der Waals surface area contributed by atoms with Crippen molar-refractivity contribution in [2.45, 2.75) is 0 Å². The maximum absolute atomic E-state index is 2.30. The lowest BCUT2D eigenvalue weighted by Crippen LogP contribution is -1.92. The Morgan fingerprint density at radius 2 is 0.738 bits per heavy atom. The highest BCUT2D eigenvalue weighted by Gasteiger charge is 2.15. The molecule has 0 amide bonds. The van der Waals surface area contributed by atoms with Crippen LogP contribution in [-0.2, 0) is 14.1 Å². The minimum absolute atomic E-state index is 1.18. The van der Waals surface area contributed by atoms with Crippen molar-refractivity contribution in [2.75, 3.05) is 0 Å². The monoisotopic (exact) mass is 540 g/mol. The highest BCUT2D eigenvalue weighted by molar-refractivity contribution is 6.01. The molecule has 0 aliphatic heterocycles. The molecule has 0 N–H and O–H groups in total. The van der Waals surface area contributed by atoms with Gasteiger partial charge in [-0.05, 0) is 34.4 Å². The number of hydrogen-bond donors (Lipinski definition) is 0. The van der Waals surface area contributed by atoms with Gasteiger partial charge in [-0.25, -0.2) is 0 Å². The predicted octanol–water partition coefficient (Wildman–Crippen LogP) is 10.3. The zero-order valence-electron chi connectivity index (χ0n) is 23.9. The van der Waals surface area contributed by atoms with Crippen LogP contribution in [0.5, 0.6) is 0 Å². The first kappa shape index (κ1) is 25.6. The van der Waals surface area contributed by atoms with Gasteiger partial charge >= 0.3 is 0 Å². The van der Waals surface area contributed by atoms with Crippen LogP contribution in [0.25, 0.3) is 68.6 Å². The van der Waals surface area contributed by atoms with Gasteiger partial charge in [-0.2, -0.15) is 0 Å². The summed E-state index contributed by atoms with van der Waals surface area (Å²) in [7, 11) is 4.31. The molecular weight excluding hydrogens is 508 g/mol. The summed E-state index contributed by atoms with van der Waals surface area (Å²) in [6, 6.07) is 47.4. The van der Waals surface area contributed by atoms with Crippen LogP contribution in [0.3, 0.4) is 0 Å². The van der Waals surface area contributed by atoms with Crippen molar-refractivity contribution in [2.24, 2.45) is 14.1 Å². The molecule has 0 bridgehead atoms. The van der Waals surface area contributed by atoms with Crippen molar-refractivity contribution < 1.29 is 0 Å². The lowest BCUT2D eigenvalue weighted by molar-refractivity contribution is 0.977. The highest BCUT2D eigenvalue weighted by Crippen LogP contribution is 2.36.